The van der Waals surface area contributed by atoms with Gasteiger partial charge in [-0.05, 0) is 60.8 Å². The fourth-order valence-electron chi connectivity index (χ4n) is 3.25. The Bertz CT molecular complexity index is 1550. The standard InChI is InChI=1S/2C13H11N3O5S/c2*1-20-11-7-8(16(18)19)4-5-9(11)14-13(22)15-12(17)10-3-2-6-21-10/h2*2-7H,1H3,(H2,14,15,17,22). The van der Waals surface area contributed by atoms with Gasteiger partial charge in [0.25, 0.3) is 23.2 Å². The second-order valence-electron chi connectivity index (χ2n) is 8.05. The summed E-state index contributed by atoms with van der Waals surface area (Å²) < 4.78 is 20.0. The summed E-state index contributed by atoms with van der Waals surface area (Å²) in [5, 5.41) is 31.7. The molecular formula is C26H22N6O10S2. The van der Waals surface area contributed by atoms with Crippen molar-refractivity contribution in [3.63, 3.8) is 0 Å². The van der Waals surface area contributed by atoms with Crippen LogP contribution in [0, 0.1) is 20.2 Å². The van der Waals surface area contributed by atoms with Crippen molar-refractivity contribution in [3.8, 4) is 11.5 Å². The number of nitro groups is 2. The number of methoxy groups -OCH3 is 2. The van der Waals surface area contributed by atoms with Crippen LogP contribution in [0.3, 0.4) is 0 Å². The third-order valence-electron chi connectivity index (χ3n) is 5.23. The number of nitrogens with one attached hydrogen (secondary N) is 4. The van der Waals surface area contributed by atoms with E-state index in [1.54, 1.807) is 12.1 Å². The Balaban J connectivity index is 0.000000240. The first kappa shape index (κ1) is 32.6. The molecule has 4 N–H and O–H groups in total. The molecule has 4 aromatic rings. The number of amides is 2. The predicted octanol–water partition coefficient (Wildman–Crippen LogP) is 4.65. The number of anilines is 2. The minimum Gasteiger partial charge on any atom is -0.494 e. The fraction of sp³-hybridized carbons (Fsp3) is 0.0769. The number of hydrogen-bond donors (Lipinski definition) is 4. The van der Waals surface area contributed by atoms with Gasteiger partial charge in [-0.2, -0.15) is 0 Å². The van der Waals surface area contributed by atoms with Gasteiger partial charge < -0.3 is 28.9 Å². The van der Waals surface area contributed by atoms with E-state index < -0.39 is 21.7 Å². The lowest BCUT2D eigenvalue weighted by Crippen LogP contribution is -2.34. The quantitative estimate of drug-likeness (QED) is 0.117. The highest BCUT2D eigenvalue weighted by Crippen LogP contribution is 2.30. The van der Waals surface area contributed by atoms with E-state index in [9.17, 15) is 29.8 Å². The molecule has 18 heteroatoms. The predicted molar refractivity (Wildman–Crippen MR) is 164 cm³/mol. The molecule has 0 fully saturated rings. The maximum atomic E-state index is 11.8. The first-order chi connectivity index (χ1) is 21.0. The van der Waals surface area contributed by atoms with Gasteiger partial charge in [0.05, 0.1) is 60.1 Å². The maximum absolute atomic E-state index is 11.8. The lowest BCUT2D eigenvalue weighted by Gasteiger charge is -2.12. The number of benzene rings is 2. The largest absolute Gasteiger partial charge is 0.494 e. The lowest BCUT2D eigenvalue weighted by molar-refractivity contribution is -0.385. The van der Waals surface area contributed by atoms with Gasteiger partial charge in [0, 0.05) is 12.1 Å². The summed E-state index contributed by atoms with van der Waals surface area (Å²) in [5.41, 5.74) is 0.538. The van der Waals surface area contributed by atoms with Crippen molar-refractivity contribution < 1.29 is 37.7 Å². The summed E-state index contributed by atoms with van der Waals surface area (Å²) in [6.07, 6.45) is 2.73. The van der Waals surface area contributed by atoms with Crippen LogP contribution < -0.4 is 30.7 Å². The average molecular weight is 643 g/mol. The van der Waals surface area contributed by atoms with E-state index in [1.807, 2.05) is 0 Å². The lowest BCUT2D eigenvalue weighted by atomic mass is 10.2. The summed E-state index contributed by atoms with van der Waals surface area (Å²) in [5.74, 6) is -0.348. The molecule has 0 aliphatic carbocycles. The van der Waals surface area contributed by atoms with Gasteiger partial charge in [0.15, 0.2) is 21.7 Å². The molecule has 44 heavy (non-hydrogen) atoms. The van der Waals surface area contributed by atoms with Crippen molar-refractivity contribution in [3.05, 3.63) is 105 Å². The molecule has 4 rings (SSSR count). The summed E-state index contributed by atoms with van der Waals surface area (Å²) in [4.78, 5) is 43.9. The highest BCUT2D eigenvalue weighted by atomic mass is 32.1. The minimum absolute atomic E-state index is 0.00792. The molecule has 0 atom stereocenters. The number of non-ortho nitro benzene ring substituents is 2. The molecule has 0 aliphatic heterocycles. The Morgan fingerprint density at radius 3 is 1.39 bits per heavy atom. The summed E-state index contributed by atoms with van der Waals surface area (Å²) in [7, 11) is 2.74. The van der Waals surface area contributed by atoms with Crippen LogP contribution >= 0.6 is 24.4 Å². The van der Waals surface area contributed by atoms with Crippen LogP contribution in [-0.2, 0) is 0 Å². The zero-order valence-electron chi connectivity index (χ0n) is 22.7. The number of carbonyl (C=O) groups excluding carboxylic acids is 2. The molecule has 2 amide bonds. The second kappa shape index (κ2) is 15.4. The molecular weight excluding hydrogens is 620 g/mol. The van der Waals surface area contributed by atoms with Gasteiger partial charge in [0.2, 0.25) is 0 Å². The first-order valence-corrected chi connectivity index (χ1v) is 12.8. The number of nitro benzene ring substituents is 2. The zero-order valence-corrected chi connectivity index (χ0v) is 24.4. The van der Waals surface area contributed by atoms with Crippen LogP contribution in [0.5, 0.6) is 11.5 Å². The van der Waals surface area contributed by atoms with Gasteiger partial charge in [-0.1, -0.05) is 0 Å². The number of rotatable bonds is 8. The number of ether oxygens (including phenoxy) is 2. The SMILES string of the molecule is COc1cc([N+](=O)[O-])ccc1NC(=S)NC(=O)c1ccco1.COc1cc([N+](=O)[O-])ccc1NC(=S)NC(=O)c1ccco1. The third-order valence-corrected chi connectivity index (χ3v) is 5.64. The van der Waals surface area contributed by atoms with E-state index >= 15 is 0 Å². The normalized spacial score (nSPS) is 9.86. The van der Waals surface area contributed by atoms with Crippen molar-refractivity contribution in [2.75, 3.05) is 24.9 Å². The molecule has 228 valence electrons. The Morgan fingerprint density at radius 1 is 0.705 bits per heavy atom. The topological polar surface area (TPSA) is 213 Å². The van der Waals surface area contributed by atoms with E-state index in [4.69, 9.17) is 42.7 Å². The molecule has 16 nitrogen and oxygen atoms in total. The van der Waals surface area contributed by atoms with Crippen molar-refractivity contribution in [2.24, 2.45) is 0 Å². The van der Waals surface area contributed by atoms with Crippen molar-refractivity contribution in [1.82, 2.24) is 10.6 Å². The Kier molecular flexibility index (Phi) is 11.4. The minimum atomic E-state index is -0.538. The van der Waals surface area contributed by atoms with E-state index in [0.29, 0.717) is 11.4 Å². The number of carbonyl (C=O) groups is 2. The molecule has 2 heterocycles. The molecule has 0 saturated heterocycles. The molecule has 0 unspecified atom stereocenters. The van der Waals surface area contributed by atoms with Crippen molar-refractivity contribution >= 4 is 69.2 Å². The van der Waals surface area contributed by atoms with Gasteiger partial charge in [-0.3, -0.25) is 40.5 Å². The van der Waals surface area contributed by atoms with Crippen LogP contribution in [0.4, 0.5) is 22.7 Å². The Morgan fingerprint density at radius 2 is 1.09 bits per heavy atom. The average Bonchev–Trinajstić information content (AvgIpc) is 3.73. The first-order valence-electron chi connectivity index (χ1n) is 12.0. The molecule has 0 bridgehead atoms. The number of thiocarbonyl (C=S) groups is 2. The van der Waals surface area contributed by atoms with E-state index in [2.05, 4.69) is 21.3 Å². The molecule has 0 radical (unpaired) electrons. The molecule has 2 aromatic heterocycles. The number of hydrogen-bond acceptors (Lipinski definition) is 12. The van der Waals surface area contributed by atoms with Gasteiger partial charge in [-0.15, -0.1) is 0 Å². The monoisotopic (exact) mass is 642 g/mol. The van der Waals surface area contributed by atoms with Crippen LogP contribution in [0.1, 0.15) is 21.1 Å². The van der Waals surface area contributed by atoms with Crippen LogP contribution in [0.25, 0.3) is 0 Å². The number of furan rings is 2. The van der Waals surface area contributed by atoms with Crippen LogP contribution in [-0.4, -0.2) is 46.1 Å². The van der Waals surface area contributed by atoms with Crippen molar-refractivity contribution in [2.45, 2.75) is 0 Å². The van der Waals surface area contributed by atoms with Gasteiger partial charge >= 0.3 is 0 Å². The summed E-state index contributed by atoms with van der Waals surface area (Å²) in [6, 6.07) is 14.1. The number of nitrogens with zero attached hydrogens (tertiary/aromatic N) is 2. The van der Waals surface area contributed by atoms with E-state index in [-0.39, 0.29) is 44.6 Å². The van der Waals surface area contributed by atoms with Crippen LogP contribution in [0.2, 0.25) is 0 Å². The molecule has 0 aliphatic rings. The van der Waals surface area contributed by atoms with Gasteiger partial charge in [0.1, 0.15) is 11.5 Å². The Labute approximate surface area is 258 Å². The fourth-order valence-corrected chi connectivity index (χ4v) is 3.65. The van der Waals surface area contributed by atoms with E-state index in [0.717, 1.165) is 0 Å². The van der Waals surface area contributed by atoms with Crippen LogP contribution in [0.15, 0.2) is 82.0 Å². The Hall–Kier alpha value is -5.88. The van der Waals surface area contributed by atoms with Gasteiger partial charge in [-0.25, -0.2) is 0 Å². The van der Waals surface area contributed by atoms with Crippen molar-refractivity contribution in [1.29, 1.82) is 0 Å². The smallest absolute Gasteiger partial charge is 0.293 e. The molecule has 2 aromatic carbocycles. The highest BCUT2D eigenvalue weighted by molar-refractivity contribution is 7.80. The second-order valence-corrected chi connectivity index (χ2v) is 8.87. The maximum Gasteiger partial charge on any atom is 0.293 e. The zero-order chi connectivity index (χ0) is 32.2. The molecule has 0 saturated carbocycles. The highest BCUT2D eigenvalue weighted by Gasteiger charge is 2.16. The summed E-state index contributed by atoms with van der Waals surface area (Å²) >= 11 is 10.0. The van der Waals surface area contributed by atoms with E-state index in [1.165, 1.54) is 75.3 Å². The third kappa shape index (κ3) is 9.06. The molecule has 0 spiro atoms. The summed E-state index contributed by atoms with van der Waals surface area (Å²) in [6.45, 7) is 0.